The normalized spacial score (nSPS) is 23.5. The second-order valence-corrected chi connectivity index (χ2v) is 5.06. The van der Waals surface area contributed by atoms with Crippen LogP contribution in [0.5, 0.6) is 0 Å². The Balaban J connectivity index is 2.54. The van der Waals surface area contributed by atoms with Gasteiger partial charge in [-0.3, -0.25) is 4.79 Å². The first-order valence-corrected chi connectivity index (χ1v) is 5.90. The second kappa shape index (κ2) is 5.50. The van der Waals surface area contributed by atoms with Crippen molar-refractivity contribution in [2.24, 2.45) is 17.8 Å². The zero-order chi connectivity index (χ0) is 11.4. The molecule has 1 aliphatic heterocycles. The lowest BCUT2D eigenvalue weighted by molar-refractivity contribution is -0.125. The van der Waals surface area contributed by atoms with Crippen LogP contribution in [0.1, 0.15) is 34.1 Å². The van der Waals surface area contributed by atoms with E-state index in [1.54, 1.807) is 0 Å². The minimum absolute atomic E-state index is 0.0635. The highest BCUT2D eigenvalue weighted by Crippen LogP contribution is 2.22. The summed E-state index contributed by atoms with van der Waals surface area (Å²) in [6.07, 6.45) is 1.07. The lowest BCUT2D eigenvalue weighted by Crippen LogP contribution is -2.45. The fourth-order valence-electron chi connectivity index (χ4n) is 2.00. The number of hydrogen-bond donors (Lipinski definition) is 1. The Labute approximate surface area is 92.6 Å². The van der Waals surface area contributed by atoms with Crippen molar-refractivity contribution in [2.75, 3.05) is 13.2 Å². The molecule has 0 aromatic rings. The van der Waals surface area contributed by atoms with Crippen LogP contribution in [0.25, 0.3) is 0 Å². The third-order valence-corrected chi connectivity index (χ3v) is 3.02. The van der Waals surface area contributed by atoms with Crippen molar-refractivity contribution in [3.05, 3.63) is 0 Å². The predicted molar refractivity (Wildman–Crippen MR) is 60.5 cm³/mol. The van der Waals surface area contributed by atoms with Crippen LogP contribution in [-0.2, 0) is 9.53 Å². The van der Waals surface area contributed by atoms with Crippen molar-refractivity contribution in [2.45, 2.75) is 40.2 Å². The van der Waals surface area contributed by atoms with Gasteiger partial charge in [-0.2, -0.15) is 0 Å². The van der Waals surface area contributed by atoms with E-state index in [0.29, 0.717) is 11.8 Å². The predicted octanol–water partition coefficient (Wildman–Crippen LogP) is 1.82. The maximum Gasteiger partial charge on any atom is 0.222 e. The molecule has 1 unspecified atom stereocenters. The van der Waals surface area contributed by atoms with Crippen molar-refractivity contribution in [1.82, 2.24) is 5.32 Å². The second-order valence-electron chi connectivity index (χ2n) is 5.06. The average molecular weight is 213 g/mol. The average Bonchev–Trinajstić information content (AvgIpc) is 2.65. The topological polar surface area (TPSA) is 38.3 Å². The Bertz CT molecular complexity index is 208. The first-order chi connectivity index (χ1) is 7.02. The summed E-state index contributed by atoms with van der Waals surface area (Å²) >= 11 is 0. The number of ether oxygens (including phenoxy) is 1. The maximum atomic E-state index is 11.7. The van der Waals surface area contributed by atoms with E-state index in [1.807, 2.05) is 13.8 Å². The summed E-state index contributed by atoms with van der Waals surface area (Å²) in [7, 11) is 0. The minimum Gasteiger partial charge on any atom is -0.381 e. The molecule has 0 saturated carbocycles. The molecule has 0 aromatic carbocycles. The monoisotopic (exact) mass is 213 g/mol. The fourth-order valence-corrected chi connectivity index (χ4v) is 2.00. The van der Waals surface area contributed by atoms with Gasteiger partial charge in [-0.15, -0.1) is 0 Å². The molecular formula is C12H23NO2. The molecular weight excluding hydrogens is 190 g/mol. The number of amides is 1. The quantitative estimate of drug-likeness (QED) is 0.773. The molecule has 0 aromatic heterocycles. The molecule has 15 heavy (non-hydrogen) atoms. The molecule has 1 heterocycles. The summed E-state index contributed by atoms with van der Waals surface area (Å²) in [6.45, 7) is 9.80. The Morgan fingerprint density at radius 2 is 2.00 bits per heavy atom. The maximum absolute atomic E-state index is 11.7. The van der Waals surface area contributed by atoms with Crippen LogP contribution in [0.4, 0.5) is 0 Å². The molecule has 0 bridgehead atoms. The van der Waals surface area contributed by atoms with Crippen molar-refractivity contribution in [3.63, 3.8) is 0 Å². The number of rotatable bonds is 4. The molecule has 1 rings (SSSR count). The SMILES string of the molecule is CC(C)C(=O)NC(C(C)C)[C@H]1CCOC1. The van der Waals surface area contributed by atoms with Crippen LogP contribution in [0.3, 0.4) is 0 Å². The van der Waals surface area contributed by atoms with Crippen LogP contribution < -0.4 is 5.32 Å². The molecule has 1 saturated heterocycles. The Hall–Kier alpha value is -0.570. The summed E-state index contributed by atoms with van der Waals surface area (Å²) in [5, 5.41) is 3.14. The molecule has 1 aliphatic rings. The van der Waals surface area contributed by atoms with Gasteiger partial charge in [0.15, 0.2) is 0 Å². The van der Waals surface area contributed by atoms with Crippen LogP contribution >= 0.6 is 0 Å². The Kier molecular flexibility index (Phi) is 4.58. The van der Waals surface area contributed by atoms with Gasteiger partial charge in [0, 0.05) is 24.5 Å². The summed E-state index contributed by atoms with van der Waals surface area (Å²) in [5.74, 6) is 1.18. The summed E-state index contributed by atoms with van der Waals surface area (Å²) in [6, 6.07) is 0.266. The number of carbonyl (C=O) groups excluding carboxylic acids is 1. The lowest BCUT2D eigenvalue weighted by atomic mass is 9.89. The van der Waals surface area contributed by atoms with Gasteiger partial charge in [0.1, 0.15) is 0 Å². The van der Waals surface area contributed by atoms with Gasteiger partial charge in [0.25, 0.3) is 0 Å². The summed E-state index contributed by atoms with van der Waals surface area (Å²) in [5.41, 5.74) is 0. The van der Waals surface area contributed by atoms with Gasteiger partial charge in [-0.25, -0.2) is 0 Å². The first kappa shape index (κ1) is 12.5. The van der Waals surface area contributed by atoms with E-state index < -0.39 is 0 Å². The molecule has 1 fully saturated rings. The van der Waals surface area contributed by atoms with Crippen LogP contribution in [0, 0.1) is 17.8 Å². The zero-order valence-corrected chi connectivity index (χ0v) is 10.2. The summed E-state index contributed by atoms with van der Waals surface area (Å²) in [4.78, 5) is 11.7. The van der Waals surface area contributed by atoms with Gasteiger partial charge in [0.05, 0.1) is 6.61 Å². The highest BCUT2D eigenvalue weighted by molar-refractivity contribution is 5.78. The van der Waals surface area contributed by atoms with Crippen molar-refractivity contribution in [1.29, 1.82) is 0 Å². The lowest BCUT2D eigenvalue weighted by Gasteiger charge is -2.28. The van der Waals surface area contributed by atoms with Gasteiger partial charge in [-0.05, 0) is 12.3 Å². The molecule has 2 atom stereocenters. The van der Waals surface area contributed by atoms with Crippen LogP contribution in [0.15, 0.2) is 0 Å². The smallest absolute Gasteiger partial charge is 0.222 e. The van der Waals surface area contributed by atoms with E-state index in [9.17, 15) is 4.79 Å². The van der Waals surface area contributed by atoms with E-state index in [1.165, 1.54) is 0 Å². The minimum atomic E-state index is 0.0635. The third-order valence-electron chi connectivity index (χ3n) is 3.02. The van der Waals surface area contributed by atoms with E-state index in [0.717, 1.165) is 19.6 Å². The van der Waals surface area contributed by atoms with E-state index in [4.69, 9.17) is 4.74 Å². The number of carbonyl (C=O) groups is 1. The molecule has 0 aliphatic carbocycles. The zero-order valence-electron chi connectivity index (χ0n) is 10.2. The molecule has 1 amide bonds. The first-order valence-electron chi connectivity index (χ1n) is 5.90. The van der Waals surface area contributed by atoms with E-state index >= 15 is 0 Å². The largest absolute Gasteiger partial charge is 0.381 e. The van der Waals surface area contributed by atoms with E-state index in [-0.39, 0.29) is 17.9 Å². The molecule has 1 N–H and O–H groups in total. The molecule has 88 valence electrons. The molecule has 3 heteroatoms. The van der Waals surface area contributed by atoms with Crippen molar-refractivity contribution < 1.29 is 9.53 Å². The van der Waals surface area contributed by atoms with Gasteiger partial charge in [-0.1, -0.05) is 27.7 Å². The molecule has 0 spiro atoms. The van der Waals surface area contributed by atoms with Gasteiger partial charge < -0.3 is 10.1 Å². The van der Waals surface area contributed by atoms with Crippen LogP contribution in [0.2, 0.25) is 0 Å². The highest BCUT2D eigenvalue weighted by Gasteiger charge is 2.29. The Morgan fingerprint density at radius 3 is 2.40 bits per heavy atom. The summed E-state index contributed by atoms with van der Waals surface area (Å²) < 4.78 is 5.38. The highest BCUT2D eigenvalue weighted by atomic mass is 16.5. The number of nitrogens with one attached hydrogen (secondary N) is 1. The molecule has 3 nitrogen and oxygen atoms in total. The van der Waals surface area contributed by atoms with Gasteiger partial charge >= 0.3 is 0 Å². The fraction of sp³-hybridized carbons (Fsp3) is 0.917. The Morgan fingerprint density at radius 1 is 1.33 bits per heavy atom. The number of hydrogen-bond acceptors (Lipinski definition) is 2. The van der Waals surface area contributed by atoms with Gasteiger partial charge in [0.2, 0.25) is 5.91 Å². The van der Waals surface area contributed by atoms with Crippen LogP contribution in [-0.4, -0.2) is 25.2 Å². The standard InChI is InChI=1S/C12H23NO2/c1-8(2)11(10-5-6-15-7-10)13-12(14)9(3)4/h8-11H,5-7H2,1-4H3,(H,13,14)/t10-,11?/m0/s1. The van der Waals surface area contributed by atoms with E-state index in [2.05, 4.69) is 19.2 Å². The van der Waals surface area contributed by atoms with Crippen molar-refractivity contribution >= 4 is 5.91 Å². The molecule has 0 radical (unpaired) electrons. The third kappa shape index (κ3) is 3.49. The van der Waals surface area contributed by atoms with Crippen molar-refractivity contribution in [3.8, 4) is 0 Å².